The molecule has 0 radical (unpaired) electrons. The number of rotatable bonds is 4. The topological polar surface area (TPSA) is 84.0 Å². The average molecular weight is 489 g/mol. The molecule has 4 aromatic rings. The van der Waals surface area contributed by atoms with Crippen molar-refractivity contribution in [1.29, 1.82) is 0 Å². The first-order chi connectivity index (χ1) is 16.1. The minimum atomic E-state index is -4.72. The smallest absolute Gasteiger partial charge is 0.308 e. The van der Waals surface area contributed by atoms with Crippen LogP contribution >= 0.6 is 11.6 Å². The maximum absolute atomic E-state index is 15.0. The van der Waals surface area contributed by atoms with Crippen molar-refractivity contribution in [2.24, 2.45) is 0 Å². The van der Waals surface area contributed by atoms with E-state index >= 15 is 4.39 Å². The fourth-order valence-electron chi connectivity index (χ4n) is 3.17. The average Bonchev–Trinajstić information content (AvgIpc) is 2.80. The number of nitrogens with one attached hydrogen (secondary N) is 2. The van der Waals surface area contributed by atoms with Gasteiger partial charge in [0.2, 0.25) is 0 Å². The third kappa shape index (κ3) is 4.81. The molecular weight excluding hydrogens is 476 g/mol. The zero-order valence-electron chi connectivity index (χ0n) is 17.0. The van der Waals surface area contributed by atoms with E-state index in [2.05, 4.69) is 20.6 Å². The molecule has 0 aliphatic rings. The van der Waals surface area contributed by atoms with Crippen LogP contribution in [0.2, 0.25) is 5.02 Å². The minimum Gasteiger partial charge on any atom is -0.308 e. The fraction of sp³-hybridized carbons (Fsp3) is 0.0435. The standard InChI is InChI=1S/C23H13ClF4N4O2/c24-16-6-5-13(11-15(16)23(26,27)28)31-22(34)32-18-3-1-2-14(20(18)25)21(33)12-4-7-17-19(10-12)30-9-8-29-17/h1-11H,(H2,31,32,34). The number of carbonyl (C=O) groups is 2. The van der Waals surface area contributed by atoms with E-state index in [1.54, 1.807) is 6.07 Å². The van der Waals surface area contributed by atoms with Crippen molar-refractivity contribution in [3.8, 4) is 0 Å². The Labute approximate surface area is 194 Å². The largest absolute Gasteiger partial charge is 0.417 e. The van der Waals surface area contributed by atoms with Crippen LogP contribution < -0.4 is 10.6 Å². The number of anilines is 2. The van der Waals surface area contributed by atoms with Crippen molar-refractivity contribution < 1.29 is 27.2 Å². The number of carbonyl (C=O) groups excluding carboxylic acids is 2. The summed E-state index contributed by atoms with van der Waals surface area (Å²) in [7, 11) is 0. The molecule has 2 N–H and O–H groups in total. The molecule has 4 rings (SSSR count). The second kappa shape index (κ2) is 9.06. The van der Waals surface area contributed by atoms with Gasteiger partial charge in [0.25, 0.3) is 0 Å². The predicted octanol–water partition coefficient (Wildman–Crippen LogP) is 6.32. The zero-order valence-corrected chi connectivity index (χ0v) is 17.7. The van der Waals surface area contributed by atoms with Gasteiger partial charge < -0.3 is 10.6 Å². The van der Waals surface area contributed by atoms with E-state index < -0.39 is 34.4 Å². The number of fused-ring (bicyclic) bond motifs is 1. The summed E-state index contributed by atoms with van der Waals surface area (Å²) in [5, 5.41) is 3.84. The first-order valence-electron chi connectivity index (χ1n) is 9.62. The summed E-state index contributed by atoms with van der Waals surface area (Å²) < 4.78 is 54.1. The van der Waals surface area contributed by atoms with Gasteiger partial charge >= 0.3 is 12.2 Å². The van der Waals surface area contributed by atoms with Crippen LogP contribution in [0, 0.1) is 5.82 Å². The number of amides is 2. The molecule has 0 unspecified atom stereocenters. The Kier molecular flexibility index (Phi) is 6.16. The summed E-state index contributed by atoms with van der Waals surface area (Å²) in [6, 6.07) is 10.1. The molecule has 2 amide bonds. The molecule has 0 saturated carbocycles. The lowest BCUT2D eigenvalue weighted by atomic mass is 10.0. The van der Waals surface area contributed by atoms with Gasteiger partial charge in [0.1, 0.15) is 0 Å². The number of alkyl halides is 3. The van der Waals surface area contributed by atoms with E-state index in [9.17, 15) is 22.8 Å². The van der Waals surface area contributed by atoms with E-state index in [4.69, 9.17) is 11.6 Å². The lowest BCUT2D eigenvalue weighted by Gasteiger charge is -2.13. The molecule has 11 heteroatoms. The van der Waals surface area contributed by atoms with Crippen molar-refractivity contribution in [3.05, 3.63) is 94.5 Å². The number of halogens is 5. The van der Waals surface area contributed by atoms with Gasteiger partial charge in [-0.1, -0.05) is 17.7 Å². The van der Waals surface area contributed by atoms with Gasteiger partial charge in [0.05, 0.1) is 32.9 Å². The molecule has 0 aliphatic heterocycles. The van der Waals surface area contributed by atoms with Crippen LogP contribution in [-0.2, 0) is 6.18 Å². The summed E-state index contributed by atoms with van der Waals surface area (Å²) in [6.07, 6.45) is -1.77. The third-order valence-electron chi connectivity index (χ3n) is 4.75. The van der Waals surface area contributed by atoms with Crippen LogP contribution in [-0.4, -0.2) is 21.8 Å². The number of hydrogen-bond acceptors (Lipinski definition) is 4. The highest BCUT2D eigenvalue weighted by Crippen LogP contribution is 2.36. The van der Waals surface area contributed by atoms with E-state index in [0.717, 1.165) is 12.1 Å². The predicted molar refractivity (Wildman–Crippen MR) is 118 cm³/mol. The number of benzene rings is 3. The van der Waals surface area contributed by atoms with Gasteiger partial charge in [-0.05, 0) is 48.5 Å². The number of hydrogen-bond donors (Lipinski definition) is 2. The van der Waals surface area contributed by atoms with Gasteiger partial charge in [-0.3, -0.25) is 14.8 Å². The SMILES string of the molecule is O=C(Nc1ccc(Cl)c(C(F)(F)F)c1)Nc1cccc(C(=O)c2ccc3nccnc3c2)c1F. The molecule has 1 aromatic heterocycles. The Bertz CT molecular complexity index is 1430. The number of aromatic nitrogens is 2. The fourth-order valence-corrected chi connectivity index (χ4v) is 3.39. The van der Waals surface area contributed by atoms with Crippen molar-refractivity contribution in [2.45, 2.75) is 6.18 Å². The van der Waals surface area contributed by atoms with E-state index in [-0.39, 0.29) is 22.5 Å². The van der Waals surface area contributed by atoms with Crippen LogP contribution in [0.5, 0.6) is 0 Å². The molecule has 0 fully saturated rings. The molecule has 0 aliphatic carbocycles. The third-order valence-corrected chi connectivity index (χ3v) is 5.08. The molecular formula is C23H13ClF4N4O2. The molecule has 0 atom stereocenters. The van der Waals surface area contributed by atoms with Gasteiger partial charge in [-0.2, -0.15) is 13.2 Å². The first kappa shape index (κ1) is 23.1. The van der Waals surface area contributed by atoms with Crippen molar-refractivity contribution in [2.75, 3.05) is 10.6 Å². The minimum absolute atomic E-state index is 0.161. The van der Waals surface area contributed by atoms with Gasteiger partial charge in [0.15, 0.2) is 11.6 Å². The number of urea groups is 1. The van der Waals surface area contributed by atoms with E-state index in [1.165, 1.54) is 42.7 Å². The van der Waals surface area contributed by atoms with E-state index in [1.807, 2.05) is 0 Å². The highest BCUT2D eigenvalue weighted by molar-refractivity contribution is 6.31. The lowest BCUT2D eigenvalue weighted by molar-refractivity contribution is -0.137. The second-order valence-corrected chi connectivity index (χ2v) is 7.43. The molecule has 3 aromatic carbocycles. The normalized spacial score (nSPS) is 11.3. The van der Waals surface area contributed by atoms with Crippen LogP contribution in [0.1, 0.15) is 21.5 Å². The quantitative estimate of drug-likeness (QED) is 0.260. The van der Waals surface area contributed by atoms with Crippen molar-refractivity contribution in [1.82, 2.24) is 9.97 Å². The van der Waals surface area contributed by atoms with E-state index in [0.29, 0.717) is 17.1 Å². The van der Waals surface area contributed by atoms with Crippen molar-refractivity contribution in [3.63, 3.8) is 0 Å². The van der Waals surface area contributed by atoms with Gasteiger partial charge in [-0.25, -0.2) is 9.18 Å². The van der Waals surface area contributed by atoms with Crippen LogP contribution in [0.25, 0.3) is 11.0 Å². The first-order valence-corrected chi connectivity index (χ1v) is 10.00. The second-order valence-electron chi connectivity index (χ2n) is 7.03. The van der Waals surface area contributed by atoms with Gasteiger partial charge in [-0.15, -0.1) is 0 Å². The molecule has 0 bridgehead atoms. The maximum Gasteiger partial charge on any atom is 0.417 e. The summed E-state index contributed by atoms with van der Waals surface area (Å²) in [4.78, 5) is 33.4. The van der Waals surface area contributed by atoms with Gasteiger partial charge in [0, 0.05) is 23.6 Å². The Hall–Kier alpha value is -4.05. The number of ketones is 1. The lowest BCUT2D eigenvalue weighted by Crippen LogP contribution is -2.21. The van der Waals surface area contributed by atoms with Crippen LogP contribution in [0.4, 0.5) is 33.7 Å². The highest BCUT2D eigenvalue weighted by atomic mass is 35.5. The molecule has 0 saturated heterocycles. The Morgan fingerprint density at radius 3 is 2.35 bits per heavy atom. The summed E-state index contributed by atoms with van der Waals surface area (Å²) in [6.45, 7) is 0. The monoisotopic (exact) mass is 488 g/mol. The van der Waals surface area contributed by atoms with Crippen LogP contribution in [0.15, 0.2) is 67.0 Å². The summed E-state index contributed by atoms with van der Waals surface area (Å²) in [5.74, 6) is -1.66. The Balaban J connectivity index is 1.55. The van der Waals surface area contributed by atoms with Crippen molar-refractivity contribution >= 4 is 45.8 Å². The Morgan fingerprint density at radius 2 is 1.62 bits per heavy atom. The molecule has 172 valence electrons. The molecule has 34 heavy (non-hydrogen) atoms. The molecule has 0 spiro atoms. The Morgan fingerprint density at radius 1 is 0.882 bits per heavy atom. The molecule has 6 nitrogen and oxygen atoms in total. The maximum atomic E-state index is 15.0. The zero-order chi connectivity index (χ0) is 24.5. The summed E-state index contributed by atoms with van der Waals surface area (Å²) in [5.41, 5.74) is -0.828. The molecule has 1 heterocycles. The summed E-state index contributed by atoms with van der Waals surface area (Å²) >= 11 is 5.56. The highest BCUT2D eigenvalue weighted by Gasteiger charge is 2.33. The number of nitrogens with zero attached hydrogens (tertiary/aromatic N) is 2. The van der Waals surface area contributed by atoms with Crippen LogP contribution in [0.3, 0.4) is 0 Å².